The van der Waals surface area contributed by atoms with Crippen LogP contribution in [0.25, 0.3) is 0 Å². The van der Waals surface area contributed by atoms with Gasteiger partial charge < -0.3 is 0 Å². The lowest BCUT2D eigenvalue weighted by Crippen LogP contribution is -2.27. The van der Waals surface area contributed by atoms with Crippen LogP contribution in [0.15, 0.2) is 58.9 Å². The number of nitrogens with zero attached hydrogens (tertiary/aromatic N) is 2. The molecule has 3 aromatic rings. The Labute approximate surface area is 161 Å². The molecule has 1 unspecified atom stereocenters. The van der Waals surface area contributed by atoms with Gasteiger partial charge in [-0.05, 0) is 37.1 Å². The summed E-state index contributed by atoms with van der Waals surface area (Å²) in [5.74, 6) is -0.378. The van der Waals surface area contributed by atoms with Gasteiger partial charge in [0.15, 0.2) is 0 Å². The number of aryl methyl sites for hydroxylation is 1. The summed E-state index contributed by atoms with van der Waals surface area (Å²) in [6.45, 7) is 3.68. The summed E-state index contributed by atoms with van der Waals surface area (Å²) in [5, 5.41) is 10.1. The van der Waals surface area contributed by atoms with E-state index >= 15 is 0 Å². The van der Waals surface area contributed by atoms with Gasteiger partial charge in [-0.1, -0.05) is 53.8 Å². The largest absolute Gasteiger partial charge is 0.296 e. The fraction of sp³-hybridized carbons (Fsp3) is 0.167. The minimum Gasteiger partial charge on any atom is -0.296 e. The zero-order valence-electron chi connectivity index (χ0n) is 14.7. The van der Waals surface area contributed by atoms with E-state index in [0.717, 1.165) is 22.5 Å². The van der Waals surface area contributed by atoms with Crippen molar-refractivity contribution in [3.05, 3.63) is 71.3 Å². The molecule has 27 heavy (non-hydrogen) atoms. The fourth-order valence-electron chi connectivity index (χ4n) is 2.55. The molecule has 1 heterocycles. The van der Waals surface area contributed by atoms with Gasteiger partial charge in [-0.3, -0.25) is 10.1 Å². The molecular weight excluding hydrogens is 384 g/mol. The van der Waals surface area contributed by atoms with Crippen LogP contribution >= 0.6 is 11.3 Å². The zero-order chi connectivity index (χ0) is 19.4. The van der Waals surface area contributed by atoms with Crippen molar-refractivity contribution in [1.29, 1.82) is 0 Å². The number of amides is 1. The highest BCUT2D eigenvalue weighted by Crippen LogP contribution is 2.24. The fourth-order valence-corrected chi connectivity index (χ4v) is 4.68. The molecule has 140 valence electrons. The second kappa shape index (κ2) is 7.95. The number of nitrogens with one attached hydrogen (secondary N) is 2. The molecule has 0 aliphatic carbocycles. The third kappa shape index (κ3) is 4.57. The van der Waals surface area contributed by atoms with E-state index in [1.54, 1.807) is 37.3 Å². The van der Waals surface area contributed by atoms with Gasteiger partial charge in [-0.25, -0.2) is 13.1 Å². The first-order chi connectivity index (χ1) is 12.9. The number of carbonyl (C=O) groups is 1. The second-order valence-electron chi connectivity index (χ2n) is 5.89. The summed E-state index contributed by atoms with van der Waals surface area (Å²) in [7, 11) is -3.86. The molecule has 1 atom stereocenters. The highest BCUT2D eigenvalue weighted by atomic mass is 32.2. The van der Waals surface area contributed by atoms with Crippen molar-refractivity contribution in [2.75, 3.05) is 5.32 Å². The standard InChI is InChI=1S/C18H18N4O3S2/c1-12-8-6-7-11-15(12)13(2)22-27(24,25)18-21-20-17(26-18)19-16(23)14-9-4-3-5-10-14/h3-11,13,22H,1-2H3,(H,19,20,23). The van der Waals surface area contributed by atoms with E-state index in [1.807, 2.05) is 31.2 Å². The average molecular weight is 403 g/mol. The first-order valence-electron chi connectivity index (χ1n) is 8.14. The van der Waals surface area contributed by atoms with Crippen molar-refractivity contribution in [3.8, 4) is 0 Å². The van der Waals surface area contributed by atoms with E-state index in [4.69, 9.17) is 0 Å². The first kappa shape index (κ1) is 19.2. The maximum Gasteiger partial charge on any atom is 0.270 e. The van der Waals surface area contributed by atoms with Crippen molar-refractivity contribution in [3.63, 3.8) is 0 Å². The lowest BCUT2D eigenvalue weighted by molar-refractivity contribution is 0.102. The molecule has 0 saturated heterocycles. The smallest absolute Gasteiger partial charge is 0.270 e. The molecule has 9 heteroatoms. The first-order valence-corrected chi connectivity index (χ1v) is 10.4. The van der Waals surface area contributed by atoms with E-state index < -0.39 is 16.1 Å². The highest BCUT2D eigenvalue weighted by Gasteiger charge is 2.24. The minimum atomic E-state index is -3.86. The molecule has 1 amide bonds. The van der Waals surface area contributed by atoms with Crippen LogP contribution in [0.3, 0.4) is 0 Å². The van der Waals surface area contributed by atoms with Gasteiger partial charge in [0.1, 0.15) is 0 Å². The van der Waals surface area contributed by atoms with Gasteiger partial charge in [0.2, 0.25) is 9.47 Å². The van der Waals surface area contributed by atoms with Gasteiger partial charge in [0.05, 0.1) is 0 Å². The van der Waals surface area contributed by atoms with Crippen LogP contribution in [0.4, 0.5) is 5.13 Å². The van der Waals surface area contributed by atoms with Crippen LogP contribution < -0.4 is 10.0 Å². The summed E-state index contributed by atoms with van der Waals surface area (Å²) < 4.78 is 27.6. The number of carbonyl (C=O) groups excluding carboxylic acids is 1. The summed E-state index contributed by atoms with van der Waals surface area (Å²) in [6, 6.07) is 15.7. The number of benzene rings is 2. The van der Waals surface area contributed by atoms with E-state index in [-0.39, 0.29) is 15.4 Å². The maximum atomic E-state index is 12.6. The van der Waals surface area contributed by atoms with Gasteiger partial charge >= 0.3 is 0 Å². The maximum absolute atomic E-state index is 12.6. The van der Waals surface area contributed by atoms with Crippen LogP contribution in [0.1, 0.15) is 34.5 Å². The van der Waals surface area contributed by atoms with Crippen molar-refractivity contribution < 1.29 is 13.2 Å². The molecule has 0 saturated carbocycles. The predicted molar refractivity (Wildman–Crippen MR) is 104 cm³/mol. The average Bonchev–Trinajstić information content (AvgIpc) is 3.12. The van der Waals surface area contributed by atoms with Crippen molar-refractivity contribution in [1.82, 2.24) is 14.9 Å². The lowest BCUT2D eigenvalue weighted by atomic mass is 10.0. The number of rotatable bonds is 6. The third-order valence-corrected chi connectivity index (χ3v) is 6.63. The van der Waals surface area contributed by atoms with E-state index in [0.29, 0.717) is 5.56 Å². The SMILES string of the molecule is Cc1ccccc1C(C)NS(=O)(=O)c1nnc(NC(=O)c2ccccc2)s1. The Hall–Kier alpha value is -2.62. The van der Waals surface area contributed by atoms with Crippen LogP contribution in [0, 0.1) is 6.92 Å². The quantitative estimate of drug-likeness (QED) is 0.617. The molecule has 0 aliphatic heterocycles. The third-order valence-electron chi connectivity index (χ3n) is 3.88. The van der Waals surface area contributed by atoms with E-state index in [9.17, 15) is 13.2 Å². The lowest BCUT2D eigenvalue weighted by Gasteiger charge is -2.15. The summed E-state index contributed by atoms with van der Waals surface area (Å²) in [6.07, 6.45) is 0. The molecule has 2 aromatic carbocycles. The second-order valence-corrected chi connectivity index (χ2v) is 8.76. The Balaban J connectivity index is 1.73. The van der Waals surface area contributed by atoms with E-state index in [1.165, 1.54) is 0 Å². The number of hydrogen-bond acceptors (Lipinski definition) is 6. The molecule has 1 aromatic heterocycles. The molecule has 3 rings (SSSR count). The number of hydrogen-bond donors (Lipinski definition) is 2. The molecular formula is C18H18N4O3S2. The summed E-state index contributed by atoms with van der Waals surface area (Å²) >= 11 is 0.800. The van der Waals surface area contributed by atoms with E-state index in [2.05, 4.69) is 20.2 Å². The van der Waals surface area contributed by atoms with Crippen molar-refractivity contribution >= 4 is 32.4 Å². The Kier molecular flexibility index (Phi) is 5.64. The van der Waals surface area contributed by atoms with Gasteiger partial charge in [-0.15, -0.1) is 10.2 Å². The number of anilines is 1. The number of aromatic nitrogens is 2. The normalized spacial score (nSPS) is 12.5. The Morgan fingerprint density at radius 2 is 1.70 bits per heavy atom. The molecule has 7 nitrogen and oxygen atoms in total. The minimum absolute atomic E-state index is 0.118. The van der Waals surface area contributed by atoms with Gasteiger partial charge in [0, 0.05) is 11.6 Å². The van der Waals surface area contributed by atoms with Crippen LogP contribution in [-0.4, -0.2) is 24.5 Å². The van der Waals surface area contributed by atoms with Crippen LogP contribution in [0.2, 0.25) is 0 Å². The van der Waals surface area contributed by atoms with Crippen molar-refractivity contribution in [2.24, 2.45) is 0 Å². The molecule has 0 aliphatic rings. The van der Waals surface area contributed by atoms with Crippen LogP contribution in [0.5, 0.6) is 0 Å². The molecule has 0 bridgehead atoms. The summed E-state index contributed by atoms with van der Waals surface area (Å²) in [4.78, 5) is 12.1. The molecule has 0 radical (unpaired) electrons. The topological polar surface area (TPSA) is 101 Å². The Bertz CT molecular complexity index is 1050. The Morgan fingerprint density at radius 3 is 2.41 bits per heavy atom. The highest BCUT2D eigenvalue weighted by molar-refractivity contribution is 7.91. The van der Waals surface area contributed by atoms with Gasteiger partial charge in [0.25, 0.3) is 15.9 Å². The monoisotopic (exact) mass is 402 g/mol. The molecule has 0 fully saturated rings. The zero-order valence-corrected chi connectivity index (χ0v) is 16.3. The predicted octanol–water partition coefficient (Wildman–Crippen LogP) is 3.14. The summed E-state index contributed by atoms with van der Waals surface area (Å²) in [5.41, 5.74) is 2.31. The molecule has 2 N–H and O–H groups in total. The van der Waals surface area contributed by atoms with Crippen LogP contribution in [-0.2, 0) is 10.0 Å². The molecule has 0 spiro atoms. The number of sulfonamides is 1. The Morgan fingerprint density at radius 1 is 1.04 bits per heavy atom. The van der Waals surface area contributed by atoms with Gasteiger partial charge in [-0.2, -0.15) is 0 Å². The van der Waals surface area contributed by atoms with Crippen molar-refractivity contribution in [2.45, 2.75) is 24.2 Å².